The Morgan fingerprint density at radius 3 is 2.55 bits per heavy atom. The molecule has 0 aromatic heterocycles. The standard InChI is InChI=1S/C16H13FO3/c1-19-13-5-3-2-4-12(13)15-16(20-15)14(18)10-6-8-11(17)9-7-10/h2-9,15-16H,1H3/t15-,16-/m0/s1. The lowest BCUT2D eigenvalue weighted by Gasteiger charge is -2.04. The molecular formula is C16H13FO3. The Kier molecular flexibility index (Phi) is 3.24. The number of methoxy groups -OCH3 is 1. The highest BCUT2D eigenvalue weighted by Gasteiger charge is 2.47. The zero-order valence-corrected chi connectivity index (χ0v) is 10.9. The molecule has 0 N–H and O–H groups in total. The minimum atomic E-state index is -0.517. The van der Waals surface area contributed by atoms with E-state index in [1.807, 2.05) is 24.3 Å². The van der Waals surface area contributed by atoms with Crippen LogP contribution in [0.3, 0.4) is 0 Å². The first-order chi connectivity index (χ1) is 9.70. The molecule has 1 fully saturated rings. The summed E-state index contributed by atoms with van der Waals surface area (Å²) in [5.41, 5.74) is 1.31. The van der Waals surface area contributed by atoms with Gasteiger partial charge in [0, 0.05) is 11.1 Å². The van der Waals surface area contributed by atoms with Crippen molar-refractivity contribution < 1.29 is 18.7 Å². The average molecular weight is 272 g/mol. The second-order valence-corrected chi connectivity index (χ2v) is 4.59. The number of para-hydroxylation sites is 1. The number of epoxide rings is 1. The Balaban J connectivity index is 1.78. The zero-order valence-electron chi connectivity index (χ0n) is 10.9. The van der Waals surface area contributed by atoms with Gasteiger partial charge < -0.3 is 9.47 Å². The third-order valence-electron chi connectivity index (χ3n) is 3.32. The lowest BCUT2D eigenvalue weighted by atomic mass is 10.0. The van der Waals surface area contributed by atoms with Crippen molar-refractivity contribution in [2.24, 2.45) is 0 Å². The number of carbonyl (C=O) groups is 1. The molecule has 1 aliphatic rings. The van der Waals surface area contributed by atoms with E-state index < -0.39 is 6.10 Å². The molecule has 0 saturated carbocycles. The summed E-state index contributed by atoms with van der Waals surface area (Å²) in [4.78, 5) is 12.2. The van der Waals surface area contributed by atoms with Crippen molar-refractivity contribution in [3.63, 3.8) is 0 Å². The Hall–Kier alpha value is -2.20. The Bertz CT molecular complexity index is 636. The van der Waals surface area contributed by atoms with Crippen molar-refractivity contribution in [1.29, 1.82) is 0 Å². The van der Waals surface area contributed by atoms with Crippen LogP contribution in [0.2, 0.25) is 0 Å². The third kappa shape index (κ3) is 2.30. The minimum absolute atomic E-state index is 0.138. The highest BCUT2D eigenvalue weighted by molar-refractivity contribution is 6.01. The number of Topliss-reactive ketones (excluding diaryl/α,β-unsaturated/α-hetero) is 1. The van der Waals surface area contributed by atoms with Crippen LogP contribution in [0.25, 0.3) is 0 Å². The first-order valence-corrected chi connectivity index (χ1v) is 6.29. The SMILES string of the molecule is COc1ccccc1[C@@H]1O[C@H]1C(=O)c1ccc(F)cc1. The van der Waals surface area contributed by atoms with Crippen molar-refractivity contribution >= 4 is 5.78 Å². The molecule has 4 heteroatoms. The summed E-state index contributed by atoms with van der Waals surface area (Å²) in [7, 11) is 1.58. The summed E-state index contributed by atoms with van der Waals surface area (Å²) >= 11 is 0. The van der Waals surface area contributed by atoms with E-state index in [4.69, 9.17) is 9.47 Å². The normalized spacial score (nSPS) is 20.5. The highest BCUT2D eigenvalue weighted by Crippen LogP contribution is 2.44. The number of benzene rings is 2. The van der Waals surface area contributed by atoms with Crippen LogP contribution in [0.5, 0.6) is 5.75 Å². The fourth-order valence-electron chi connectivity index (χ4n) is 2.23. The maximum Gasteiger partial charge on any atom is 0.194 e. The van der Waals surface area contributed by atoms with E-state index in [1.54, 1.807) is 7.11 Å². The highest BCUT2D eigenvalue weighted by atomic mass is 19.1. The van der Waals surface area contributed by atoms with Crippen LogP contribution in [0.15, 0.2) is 48.5 Å². The summed E-state index contributed by atoms with van der Waals surface area (Å²) < 4.78 is 23.6. The monoisotopic (exact) mass is 272 g/mol. The van der Waals surface area contributed by atoms with Crippen molar-refractivity contribution in [1.82, 2.24) is 0 Å². The summed E-state index contributed by atoms with van der Waals surface area (Å²) in [5.74, 6) is 0.201. The van der Waals surface area contributed by atoms with E-state index in [2.05, 4.69) is 0 Å². The fourth-order valence-corrected chi connectivity index (χ4v) is 2.23. The molecule has 102 valence electrons. The maximum absolute atomic E-state index is 12.8. The average Bonchev–Trinajstić information content (AvgIpc) is 3.27. The Labute approximate surface area is 115 Å². The largest absolute Gasteiger partial charge is 0.496 e. The van der Waals surface area contributed by atoms with Gasteiger partial charge >= 0.3 is 0 Å². The molecular weight excluding hydrogens is 259 g/mol. The van der Waals surface area contributed by atoms with Gasteiger partial charge in [0.2, 0.25) is 0 Å². The summed E-state index contributed by atoms with van der Waals surface area (Å²) in [5, 5.41) is 0. The van der Waals surface area contributed by atoms with Gasteiger partial charge in [0.1, 0.15) is 17.7 Å². The molecule has 1 saturated heterocycles. The van der Waals surface area contributed by atoms with Crippen molar-refractivity contribution in [3.05, 3.63) is 65.5 Å². The van der Waals surface area contributed by atoms with Crippen molar-refractivity contribution in [2.75, 3.05) is 7.11 Å². The molecule has 1 aliphatic heterocycles. The third-order valence-corrected chi connectivity index (χ3v) is 3.32. The van der Waals surface area contributed by atoms with Crippen molar-refractivity contribution in [3.8, 4) is 5.75 Å². The molecule has 0 unspecified atom stereocenters. The molecule has 2 aromatic rings. The number of hydrogen-bond donors (Lipinski definition) is 0. The second-order valence-electron chi connectivity index (χ2n) is 4.59. The molecule has 20 heavy (non-hydrogen) atoms. The van der Waals surface area contributed by atoms with E-state index in [9.17, 15) is 9.18 Å². The number of hydrogen-bond acceptors (Lipinski definition) is 3. The van der Waals surface area contributed by atoms with E-state index in [-0.39, 0.29) is 17.7 Å². The zero-order chi connectivity index (χ0) is 14.1. The van der Waals surface area contributed by atoms with Gasteiger partial charge in [-0.15, -0.1) is 0 Å². The maximum atomic E-state index is 12.8. The van der Waals surface area contributed by atoms with Crippen molar-refractivity contribution in [2.45, 2.75) is 12.2 Å². The molecule has 0 spiro atoms. The lowest BCUT2D eigenvalue weighted by Crippen LogP contribution is -2.08. The molecule has 2 aromatic carbocycles. The van der Waals surface area contributed by atoms with Crippen LogP contribution in [-0.4, -0.2) is 19.0 Å². The van der Waals surface area contributed by atoms with Crippen LogP contribution in [0.1, 0.15) is 22.0 Å². The first kappa shape index (κ1) is 12.8. The van der Waals surface area contributed by atoms with Crippen LogP contribution in [0, 0.1) is 5.82 Å². The fraction of sp³-hybridized carbons (Fsp3) is 0.188. The summed E-state index contributed by atoms with van der Waals surface area (Å²) in [6.45, 7) is 0. The molecule has 0 bridgehead atoms. The van der Waals surface area contributed by atoms with E-state index in [0.717, 1.165) is 5.56 Å². The van der Waals surface area contributed by atoms with E-state index in [1.165, 1.54) is 24.3 Å². The predicted octanol–water partition coefficient (Wildman–Crippen LogP) is 3.16. The summed E-state index contributed by atoms with van der Waals surface area (Å²) in [6, 6.07) is 12.9. The molecule has 0 radical (unpaired) electrons. The van der Waals surface area contributed by atoms with Gasteiger partial charge in [-0.3, -0.25) is 4.79 Å². The molecule has 0 aliphatic carbocycles. The predicted molar refractivity (Wildman–Crippen MR) is 71.3 cm³/mol. The number of carbonyl (C=O) groups excluding carboxylic acids is 1. The first-order valence-electron chi connectivity index (χ1n) is 6.29. The van der Waals surface area contributed by atoms with E-state index in [0.29, 0.717) is 11.3 Å². The van der Waals surface area contributed by atoms with Gasteiger partial charge in [0.05, 0.1) is 7.11 Å². The number of halogens is 1. The Morgan fingerprint density at radius 1 is 1.15 bits per heavy atom. The second kappa shape index (κ2) is 5.06. The molecule has 0 amide bonds. The number of ether oxygens (including phenoxy) is 2. The van der Waals surface area contributed by atoms with Gasteiger partial charge in [0.25, 0.3) is 0 Å². The topological polar surface area (TPSA) is 38.8 Å². The molecule has 3 rings (SSSR count). The van der Waals surface area contributed by atoms with Crippen LogP contribution >= 0.6 is 0 Å². The van der Waals surface area contributed by atoms with Gasteiger partial charge in [-0.25, -0.2) is 4.39 Å². The lowest BCUT2D eigenvalue weighted by molar-refractivity contribution is 0.0953. The quantitative estimate of drug-likeness (QED) is 0.634. The minimum Gasteiger partial charge on any atom is -0.496 e. The van der Waals surface area contributed by atoms with Crippen LogP contribution in [0.4, 0.5) is 4.39 Å². The van der Waals surface area contributed by atoms with Gasteiger partial charge in [0.15, 0.2) is 11.9 Å². The van der Waals surface area contributed by atoms with Crippen LogP contribution < -0.4 is 4.74 Å². The van der Waals surface area contributed by atoms with Gasteiger partial charge in [-0.05, 0) is 30.3 Å². The smallest absolute Gasteiger partial charge is 0.194 e. The molecule has 1 heterocycles. The molecule has 2 atom stereocenters. The van der Waals surface area contributed by atoms with Crippen LogP contribution in [-0.2, 0) is 4.74 Å². The molecule has 3 nitrogen and oxygen atoms in total. The Morgan fingerprint density at radius 2 is 1.85 bits per heavy atom. The van der Waals surface area contributed by atoms with E-state index >= 15 is 0 Å². The number of rotatable bonds is 4. The van der Waals surface area contributed by atoms with Gasteiger partial charge in [-0.2, -0.15) is 0 Å². The number of ketones is 1. The van der Waals surface area contributed by atoms with Gasteiger partial charge in [-0.1, -0.05) is 18.2 Å². The summed E-state index contributed by atoms with van der Waals surface area (Å²) in [6.07, 6.45) is -0.805.